The number of amides is 1. The lowest BCUT2D eigenvalue weighted by atomic mass is 10.0. The van der Waals surface area contributed by atoms with Crippen LogP contribution in [0.3, 0.4) is 0 Å². The van der Waals surface area contributed by atoms with E-state index in [9.17, 15) is 9.59 Å². The minimum absolute atomic E-state index is 0.0242. The maximum atomic E-state index is 12.7. The van der Waals surface area contributed by atoms with Gasteiger partial charge in [0.05, 0.1) is 0 Å². The first kappa shape index (κ1) is 19.4. The first-order valence-corrected chi connectivity index (χ1v) is 9.39. The van der Waals surface area contributed by atoms with Gasteiger partial charge < -0.3 is 10.1 Å². The molecule has 3 aromatic carbocycles. The molecule has 4 heteroatoms. The topological polar surface area (TPSA) is 55.4 Å². The highest BCUT2D eigenvalue weighted by Gasteiger charge is 2.21. The van der Waals surface area contributed by atoms with Gasteiger partial charge in [0.15, 0.2) is 6.10 Å². The number of carbonyl (C=O) groups is 2. The van der Waals surface area contributed by atoms with E-state index >= 15 is 0 Å². The summed E-state index contributed by atoms with van der Waals surface area (Å²) in [5.74, 6) is 0.404. The first-order valence-electron chi connectivity index (χ1n) is 9.39. The number of ether oxygens (including phenoxy) is 1. The molecule has 0 aliphatic rings. The molecule has 3 aromatic rings. The molecular weight excluding hydrogens is 350 g/mol. The molecule has 1 atom stereocenters. The van der Waals surface area contributed by atoms with Gasteiger partial charge in [-0.05, 0) is 42.8 Å². The third kappa shape index (κ3) is 5.07. The molecule has 1 amide bonds. The monoisotopic (exact) mass is 373 g/mol. The van der Waals surface area contributed by atoms with Crippen LogP contribution in [0.5, 0.6) is 5.75 Å². The van der Waals surface area contributed by atoms with Crippen molar-refractivity contribution in [1.29, 1.82) is 0 Å². The van der Waals surface area contributed by atoms with Crippen LogP contribution in [-0.4, -0.2) is 17.8 Å². The molecule has 0 aromatic heterocycles. The molecule has 3 rings (SSSR count). The fraction of sp³-hybridized carbons (Fsp3) is 0.167. The van der Waals surface area contributed by atoms with Crippen molar-refractivity contribution in [2.75, 3.05) is 5.32 Å². The van der Waals surface area contributed by atoms with Gasteiger partial charge in [-0.25, -0.2) is 0 Å². The van der Waals surface area contributed by atoms with E-state index in [2.05, 4.69) is 5.32 Å². The van der Waals surface area contributed by atoms with Crippen molar-refractivity contribution in [3.8, 4) is 5.75 Å². The molecule has 0 aliphatic heterocycles. The van der Waals surface area contributed by atoms with Gasteiger partial charge in [0.25, 0.3) is 5.91 Å². The van der Waals surface area contributed by atoms with E-state index in [1.807, 2.05) is 43.3 Å². The zero-order valence-electron chi connectivity index (χ0n) is 15.8. The van der Waals surface area contributed by atoms with Gasteiger partial charge in [0, 0.05) is 16.8 Å². The number of Topliss-reactive ketones (excluding diaryl/α,β-unsaturated/α-hetero) is 1. The molecule has 142 valence electrons. The Balaban J connectivity index is 1.66. The highest BCUT2D eigenvalue weighted by molar-refractivity contribution is 6.04. The second kappa shape index (κ2) is 9.51. The minimum Gasteiger partial charge on any atom is -0.482 e. The standard InChI is InChI=1S/C24H23NO3/c1-2-9-22(23(26)18-10-5-3-6-11-18)28-21-16-14-20(15-17-21)25-24(27)19-12-7-4-8-13-19/h3-8,10-17,22H,2,9H2,1H3,(H,25,27). The zero-order chi connectivity index (χ0) is 19.8. The second-order valence-electron chi connectivity index (χ2n) is 6.47. The number of carbonyl (C=O) groups excluding carboxylic acids is 2. The third-order valence-electron chi connectivity index (χ3n) is 4.33. The minimum atomic E-state index is -0.530. The molecule has 0 bridgehead atoms. The maximum absolute atomic E-state index is 12.7. The van der Waals surface area contributed by atoms with Gasteiger partial charge in [-0.15, -0.1) is 0 Å². The van der Waals surface area contributed by atoms with Crippen LogP contribution in [0.1, 0.15) is 40.5 Å². The summed E-state index contributed by atoms with van der Waals surface area (Å²) < 4.78 is 5.95. The van der Waals surface area contributed by atoms with Crippen molar-refractivity contribution in [2.24, 2.45) is 0 Å². The van der Waals surface area contributed by atoms with Gasteiger partial charge in [0.1, 0.15) is 5.75 Å². The molecule has 1 N–H and O–H groups in total. The van der Waals surface area contributed by atoms with Crippen molar-refractivity contribution in [2.45, 2.75) is 25.9 Å². The summed E-state index contributed by atoms with van der Waals surface area (Å²) in [4.78, 5) is 24.9. The van der Waals surface area contributed by atoms with Gasteiger partial charge in [-0.3, -0.25) is 9.59 Å². The van der Waals surface area contributed by atoms with E-state index in [-0.39, 0.29) is 11.7 Å². The summed E-state index contributed by atoms with van der Waals surface area (Å²) >= 11 is 0. The highest BCUT2D eigenvalue weighted by Crippen LogP contribution is 2.20. The summed E-state index contributed by atoms with van der Waals surface area (Å²) in [6.07, 6.45) is 0.950. The largest absolute Gasteiger partial charge is 0.482 e. The Morgan fingerprint density at radius 2 is 1.39 bits per heavy atom. The molecule has 0 fully saturated rings. The van der Waals surface area contributed by atoms with Crippen LogP contribution in [0.2, 0.25) is 0 Å². The summed E-state index contributed by atoms with van der Waals surface area (Å²) in [6.45, 7) is 2.02. The normalized spacial score (nSPS) is 11.5. The average Bonchev–Trinajstić information content (AvgIpc) is 2.75. The number of rotatable bonds is 8. The van der Waals surface area contributed by atoms with E-state index < -0.39 is 6.10 Å². The van der Waals surface area contributed by atoms with Crippen LogP contribution in [0.15, 0.2) is 84.9 Å². The van der Waals surface area contributed by atoms with Crippen molar-refractivity contribution < 1.29 is 14.3 Å². The third-order valence-corrected chi connectivity index (χ3v) is 4.33. The van der Waals surface area contributed by atoms with Crippen LogP contribution in [0.25, 0.3) is 0 Å². The quantitative estimate of drug-likeness (QED) is 0.540. The van der Waals surface area contributed by atoms with Crippen molar-refractivity contribution in [3.63, 3.8) is 0 Å². The van der Waals surface area contributed by atoms with Crippen LogP contribution in [0.4, 0.5) is 5.69 Å². The zero-order valence-corrected chi connectivity index (χ0v) is 15.8. The average molecular weight is 373 g/mol. The van der Waals surface area contributed by atoms with Crippen molar-refractivity contribution in [3.05, 3.63) is 96.1 Å². The van der Waals surface area contributed by atoms with E-state index in [1.165, 1.54) is 0 Å². The summed E-state index contributed by atoms with van der Waals surface area (Å²) in [7, 11) is 0. The molecule has 4 nitrogen and oxygen atoms in total. The Kier molecular flexibility index (Phi) is 6.58. The maximum Gasteiger partial charge on any atom is 0.255 e. The first-order chi connectivity index (χ1) is 13.7. The van der Waals surface area contributed by atoms with Crippen LogP contribution < -0.4 is 10.1 Å². The van der Waals surface area contributed by atoms with E-state index in [0.29, 0.717) is 29.0 Å². The van der Waals surface area contributed by atoms with Crippen molar-refractivity contribution in [1.82, 2.24) is 0 Å². The number of hydrogen-bond donors (Lipinski definition) is 1. The molecule has 0 spiro atoms. The Bertz CT molecular complexity index is 906. The Morgan fingerprint density at radius 3 is 1.96 bits per heavy atom. The summed E-state index contributed by atoms with van der Waals surface area (Å²) in [5.41, 5.74) is 1.91. The molecule has 0 radical (unpaired) electrons. The fourth-order valence-electron chi connectivity index (χ4n) is 2.87. The lowest BCUT2D eigenvalue weighted by molar-refractivity contribution is 0.0777. The Morgan fingerprint density at radius 1 is 0.821 bits per heavy atom. The molecule has 0 aliphatic carbocycles. The number of nitrogens with one attached hydrogen (secondary N) is 1. The summed E-state index contributed by atoms with van der Waals surface area (Å²) in [5, 5.41) is 2.85. The predicted molar refractivity (Wildman–Crippen MR) is 111 cm³/mol. The van der Waals surface area contributed by atoms with Crippen LogP contribution in [0, 0.1) is 0 Å². The number of ketones is 1. The highest BCUT2D eigenvalue weighted by atomic mass is 16.5. The Labute approximate surface area is 165 Å². The second-order valence-corrected chi connectivity index (χ2v) is 6.47. The molecule has 0 saturated heterocycles. The molecule has 0 saturated carbocycles. The predicted octanol–water partition coefficient (Wildman–Crippen LogP) is 5.37. The number of benzene rings is 3. The Hall–Kier alpha value is -3.40. The number of hydrogen-bond acceptors (Lipinski definition) is 3. The van der Waals surface area contributed by atoms with E-state index in [4.69, 9.17) is 4.74 Å². The van der Waals surface area contributed by atoms with E-state index in [1.54, 1.807) is 48.5 Å². The molecule has 0 heterocycles. The van der Waals surface area contributed by atoms with Gasteiger partial charge in [-0.2, -0.15) is 0 Å². The lowest BCUT2D eigenvalue weighted by Crippen LogP contribution is -2.27. The van der Waals surface area contributed by atoms with Gasteiger partial charge >= 0.3 is 0 Å². The SMILES string of the molecule is CCCC(Oc1ccc(NC(=O)c2ccccc2)cc1)C(=O)c1ccccc1. The molecular formula is C24H23NO3. The van der Waals surface area contributed by atoms with E-state index in [0.717, 1.165) is 6.42 Å². The lowest BCUT2D eigenvalue weighted by Gasteiger charge is -2.18. The van der Waals surface area contributed by atoms with Gasteiger partial charge in [0.2, 0.25) is 5.78 Å². The van der Waals surface area contributed by atoms with Crippen LogP contribution >= 0.6 is 0 Å². The van der Waals surface area contributed by atoms with Crippen LogP contribution in [-0.2, 0) is 0 Å². The van der Waals surface area contributed by atoms with Gasteiger partial charge in [-0.1, -0.05) is 61.9 Å². The molecule has 28 heavy (non-hydrogen) atoms. The smallest absolute Gasteiger partial charge is 0.255 e. The fourth-order valence-corrected chi connectivity index (χ4v) is 2.87. The summed E-state index contributed by atoms with van der Waals surface area (Å²) in [6, 6.07) is 25.3. The number of anilines is 1. The van der Waals surface area contributed by atoms with Crippen molar-refractivity contribution >= 4 is 17.4 Å². The molecule has 1 unspecified atom stereocenters.